The summed E-state index contributed by atoms with van der Waals surface area (Å²) in [5.74, 6) is 0. The molecule has 5 heteroatoms. The van der Waals surface area contributed by atoms with E-state index in [0.717, 1.165) is 24.3 Å². The molecule has 0 aliphatic heterocycles. The quantitative estimate of drug-likeness (QED) is 0.884. The van der Waals surface area contributed by atoms with Crippen molar-refractivity contribution < 1.29 is 0 Å². The molecule has 2 aromatic heterocycles. The topological polar surface area (TPSA) is 42.7 Å². The number of hydrogen-bond donors (Lipinski definition) is 1. The van der Waals surface area contributed by atoms with Crippen molar-refractivity contribution in [3.63, 3.8) is 0 Å². The van der Waals surface area contributed by atoms with Crippen molar-refractivity contribution in [3.8, 4) is 0 Å². The van der Waals surface area contributed by atoms with Gasteiger partial charge in [0.15, 0.2) is 0 Å². The maximum Gasteiger partial charge on any atom is 0.0762 e. The zero-order chi connectivity index (χ0) is 12.1. The minimum atomic E-state index is 0.674. The minimum absolute atomic E-state index is 0.674. The van der Waals surface area contributed by atoms with Crippen molar-refractivity contribution in [2.75, 3.05) is 6.54 Å². The third-order valence-corrected chi connectivity index (χ3v) is 2.78. The fraction of sp³-hybridized carbons (Fsp3) is 0.333. The Morgan fingerprint density at radius 2 is 2.29 bits per heavy atom. The number of hydrogen-bond acceptors (Lipinski definition) is 3. The summed E-state index contributed by atoms with van der Waals surface area (Å²) in [7, 11) is 0. The second-order valence-electron chi connectivity index (χ2n) is 3.75. The van der Waals surface area contributed by atoms with Crippen molar-refractivity contribution in [2.24, 2.45) is 0 Å². The van der Waals surface area contributed by atoms with Crippen molar-refractivity contribution >= 4 is 11.6 Å². The monoisotopic (exact) mass is 250 g/mol. The lowest BCUT2D eigenvalue weighted by Gasteiger charge is -2.03. The Kier molecular flexibility index (Phi) is 4.12. The van der Waals surface area contributed by atoms with E-state index in [4.69, 9.17) is 11.6 Å². The fourth-order valence-corrected chi connectivity index (χ4v) is 1.72. The van der Waals surface area contributed by atoms with Crippen LogP contribution in [0.5, 0.6) is 0 Å². The van der Waals surface area contributed by atoms with Crippen molar-refractivity contribution in [2.45, 2.75) is 20.0 Å². The SMILES string of the molecule is CCNCc1ccn(Cc2ccncc2Cl)n1. The molecule has 0 spiro atoms. The number of nitrogens with one attached hydrogen (secondary N) is 1. The van der Waals surface area contributed by atoms with E-state index in [1.807, 2.05) is 23.0 Å². The highest BCUT2D eigenvalue weighted by Crippen LogP contribution is 2.14. The normalized spacial score (nSPS) is 10.7. The zero-order valence-electron chi connectivity index (χ0n) is 9.73. The van der Waals surface area contributed by atoms with Crippen LogP contribution in [0.3, 0.4) is 0 Å². The number of rotatable bonds is 5. The average Bonchev–Trinajstić information content (AvgIpc) is 2.77. The van der Waals surface area contributed by atoms with E-state index in [-0.39, 0.29) is 0 Å². The third kappa shape index (κ3) is 3.28. The first kappa shape index (κ1) is 12.1. The molecule has 0 fully saturated rings. The first-order valence-corrected chi connectivity index (χ1v) is 5.99. The lowest BCUT2D eigenvalue weighted by molar-refractivity contribution is 0.644. The van der Waals surface area contributed by atoms with Crippen LogP contribution in [0.1, 0.15) is 18.2 Å². The van der Waals surface area contributed by atoms with Crippen LogP contribution in [0.15, 0.2) is 30.7 Å². The molecule has 4 nitrogen and oxygen atoms in total. The Labute approximate surface area is 106 Å². The summed E-state index contributed by atoms with van der Waals surface area (Å²) < 4.78 is 1.88. The molecule has 2 aromatic rings. The predicted molar refractivity (Wildman–Crippen MR) is 68.0 cm³/mol. The first-order valence-electron chi connectivity index (χ1n) is 5.61. The van der Waals surface area contributed by atoms with Gasteiger partial charge in [-0.05, 0) is 24.2 Å². The highest BCUT2D eigenvalue weighted by atomic mass is 35.5. The summed E-state index contributed by atoms with van der Waals surface area (Å²) in [4.78, 5) is 3.96. The van der Waals surface area contributed by atoms with Crippen LogP contribution in [-0.2, 0) is 13.1 Å². The van der Waals surface area contributed by atoms with E-state index in [0.29, 0.717) is 11.6 Å². The lowest BCUT2D eigenvalue weighted by atomic mass is 10.3. The third-order valence-electron chi connectivity index (χ3n) is 2.44. The maximum absolute atomic E-state index is 6.05. The van der Waals surface area contributed by atoms with Crippen LogP contribution in [-0.4, -0.2) is 21.3 Å². The summed E-state index contributed by atoms with van der Waals surface area (Å²) in [6, 6.07) is 3.92. The van der Waals surface area contributed by atoms with E-state index >= 15 is 0 Å². The number of aromatic nitrogens is 3. The molecular weight excluding hydrogens is 236 g/mol. The van der Waals surface area contributed by atoms with Gasteiger partial charge in [-0.1, -0.05) is 18.5 Å². The van der Waals surface area contributed by atoms with Crippen molar-refractivity contribution in [1.82, 2.24) is 20.1 Å². The van der Waals surface area contributed by atoms with Crippen LogP contribution in [0.2, 0.25) is 5.02 Å². The maximum atomic E-state index is 6.05. The zero-order valence-corrected chi connectivity index (χ0v) is 10.5. The van der Waals surface area contributed by atoms with Gasteiger partial charge < -0.3 is 5.32 Å². The number of halogens is 1. The van der Waals surface area contributed by atoms with Gasteiger partial charge in [-0.2, -0.15) is 5.10 Å². The Hall–Kier alpha value is -1.39. The molecule has 90 valence electrons. The summed E-state index contributed by atoms with van der Waals surface area (Å²) >= 11 is 6.05. The predicted octanol–water partition coefficient (Wildman–Crippen LogP) is 2.09. The van der Waals surface area contributed by atoms with Crippen LogP contribution in [0.25, 0.3) is 0 Å². The second kappa shape index (κ2) is 5.80. The molecule has 0 aliphatic rings. The molecular formula is C12H15ClN4. The summed E-state index contributed by atoms with van der Waals surface area (Å²) in [5.41, 5.74) is 2.07. The molecule has 0 saturated carbocycles. The van der Waals surface area contributed by atoms with Gasteiger partial charge >= 0.3 is 0 Å². The molecule has 0 unspecified atom stereocenters. The fourth-order valence-electron chi connectivity index (χ4n) is 1.55. The largest absolute Gasteiger partial charge is 0.311 e. The van der Waals surface area contributed by atoms with Crippen LogP contribution >= 0.6 is 11.6 Å². The van der Waals surface area contributed by atoms with Crippen LogP contribution < -0.4 is 5.32 Å². The Morgan fingerprint density at radius 1 is 1.41 bits per heavy atom. The van der Waals surface area contributed by atoms with Gasteiger partial charge in [-0.15, -0.1) is 0 Å². The van der Waals surface area contributed by atoms with E-state index in [2.05, 4.69) is 22.3 Å². The Balaban J connectivity index is 2.04. The Morgan fingerprint density at radius 3 is 3.06 bits per heavy atom. The van der Waals surface area contributed by atoms with Gasteiger partial charge in [0.1, 0.15) is 0 Å². The van der Waals surface area contributed by atoms with Gasteiger partial charge in [-0.3, -0.25) is 9.67 Å². The molecule has 17 heavy (non-hydrogen) atoms. The van der Waals surface area contributed by atoms with Gasteiger partial charge in [-0.25, -0.2) is 0 Å². The van der Waals surface area contributed by atoms with Crippen molar-refractivity contribution in [3.05, 3.63) is 47.0 Å². The molecule has 0 radical (unpaired) electrons. The summed E-state index contributed by atoms with van der Waals surface area (Å²) in [5, 5.41) is 8.38. The molecule has 0 bridgehead atoms. The molecule has 0 atom stereocenters. The molecule has 0 amide bonds. The van der Waals surface area contributed by atoms with Crippen LogP contribution in [0.4, 0.5) is 0 Å². The summed E-state index contributed by atoms with van der Waals surface area (Å²) in [6.07, 6.45) is 5.35. The van der Waals surface area contributed by atoms with Crippen molar-refractivity contribution in [1.29, 1.82) is 0 Å². The van der Waals surface area contributed by atoms with E-state index in [1.165, 1.54) is 0 Å². The molecule has 0 aliphatic carbocycles. The molecule has 0 saturated heterocycles. The van der Waals surface area contributed by atoms with E-state index < -0.39 is 0 Å². The number of nitrogens with zero attached hydrogens (tertiary/aromatic N) is 3. The smallest absolute Gasteiger partial charge is 0.0762 e. The molecule has 0 aromatic carbocycles. The van der Waals surface area contributed by atoms with Gasteiger partial charge in [0.05, 0.1) is 17.3 Å². The second-order valence-corrected chi connectivity index (χ2v) is 4.16. The van der Waals surface area contributed by atoms with Crippen LogP contribution in [0, 0.1) is 0 Å². The molecule has 2 rings (SSSR count). The summed E-state index contributed by atoms with van der Waals surface area (Å²) in [6.45, 7) is 4.50. The van der Waals surface area contributed by atoms with Gasteiger partial charge in [0.25, 0.3) is 0 Å². The molecule has 2 heterocycles. The average molecular weight is 251 g/mol. The van der Waals surface area contributed by atoms with E-state index in [9.17, 15) is 0 Å². The van der Waals surface area contributed by atoms with Gasteiger partial charge in [0, 0.05) is 25.1 Å². The Bertz CT molecular complexity index is 481. The van der Waals surface area contributed by atoms with Gasteiger partial charge in [0.2, 0.25) is 0 Å². The molecule has 1 N–H and O–H groups in total. The van der Waals surface area contributed by atoms with E-state index in [1.54, 1.807) is 12.4 Å². The standard InChI is InChI=1S/C12H15ClN4/c1-2-14-7-11-4-6-17(16-11)9-10-3-5-15-8-12(10)13/h3-6,8,14H,2,7,9H2,1H3. The highest BCUT2D eigenvalue weighted by molar-refractivity contribution is 6.31. The lowest BCUT2D eigenvalue weighted by Crippen LogP contribution is -2.12. The minimum Gasteiger partial charge on any atom is -0.311 e. The number of pyridine rings is 1. The highest BCUT2D eigenvalue weighted by Gasteiger charge is 2.02. The first-order chi connectivity index (χ1) is 8.29.